The lowest BCUT2D eigenvalue weighted by Crippen LogP contribution is -2.34. The number of hydrogen-bond acceptors (Lipinski definition) is 8. The summed E-state index contributed by atoms with van der Waals surface area (Å²) in [5.74, 6) is -0.219. The molecular weight excluding hydrogens is 428 g/mol. The first kappa shape index (κ1) is 22.9. The maximum Gasteiger partial charge on any atom is 0.409 e. The van der Waals surface area contributed by atoms with Crippen LogP contribution in [-0.2, 0) is 23.2 Å². The van der Waals surface area contributed by atoms with E-state index in [1.165, 1.54) is 6.42 Å². The standard InChI is InChI=1S/C22H30N6O5/c1-13-20(33-16-8-7-15(9-16)21(29)30)23-10-17(24-13)19-18(28(3)26-25-19)12-32-22(31)27(2)11-14-5-4-6-14/h10,14-16H,4-9,11-12H2,1-3H3,(H,29,30)/t15-,16-/m0/s1. The van der Waals surface area contributed by atoms with Gasteiger partial charge in [-0.25, -0.2) is 19.4 Å². The fourth-order valence-electron chi connectivity index (χ4n) is 4.24. The molecule has 0 unspecified atom stereocenters. The maximum absolute atomic E-state index is 12.4. The molecule has 0 aliphatic heterocycles. The molecule has 4 rings (SSSR count). The van der Waals surface area contributed by atoms with Crippen LogP contribution in [0.15, 0.2) is 6.20 Å². The fourth-order valence-corrected chi connectivity index (χ4v) is 4.24. The molecule has 0 aromatic carbocycles. The SMILES string of the molecule is Cc1nc(-c2nnn(C)c2COC(=O)N(C)CC2CCC2)cnc1O[C@H]1CC[C@H](C(=O)O)C1. The van der Waals surface area contributed by atoms with E-state index >= 15 is 0 Å². The molecule has 2 saturated carbocycles. The summed E-state index contributed by atoms with van der Waals surface area (Å²) in [5.41, 5.74) is 2.17. The first-order valence-corrected chi connectivity index (χ1v) is 11.3. The van der Waals surface area contributed by atoms with E-state index in [2.05, 4.69) is 20.3 Å². The van der Waals surface area contributed by atoms with Crippen molar-refractivity contribution in [1.82, 2.24) is 29.9 Å². The minimum Gasteiger partial charge on any atom is -0.481 e. The van der Waals surface area contributed by atoms with Crippen LogP contribution in [-0.4, -0.2) is 66.7 Å². The molecule has 0 radical (unpaired) electrons. The molecule has 11 heteroatoms. The van der Waals surface area contributed by atoms with Crippen molar-refractivity contribution in [1.29, 1.82) is 0 Å². The zero-order valence-corrected chi connectivity index (χ0v) is 19.2. The van der Waals surface area contributed by atoms with Crippen LogP contribution in [0.3, 0.4) is 0 Å². The molecule has 0 bridgehead atoms. The van der Waals surface area contributed by atoms with Crippen LogP contribution in [0.25, 0.3) is 11.4 Å². The minimum atomic E-state index is -0.788. The summed E-state index contributed by atoms with van der Waals surface area (Å²) >= 11 is 0. The van der Waals surface area contributed by atoms with Crippen molar-refractivity contribution in [2.75, 3.05) is 13.6 Å². The molecule has 2 heterocycles. The van der Waals surface area contributed by atoms with Gasteiger partial charge in [0.15, 0.2) is 0 Å². The topological polar surface area (TPSA) is 133 Å². The normalized spacial score (nSPS) is 20.3. The highest BCUT2D eigenvalue weighted by Gasteiger charge is 2.31. The average Bonchev–Trinajstić information content (AvgIpc) is 3.37. The van der Waals surface area contributed by atoms with E-state index in [0.29, 0.717) is 60.4 Å². The monoisotopic (exact) mass is 458 g/mol. The number of carboxylic acid groups (broad SMARTS) is 1. The Balaban J connectivity index is 1.40. The van der Waals surface area contributed by atoms with Crippen molar-refractivity contribution < 1.29 is 24.2 Å². The van der Waals surface area contributed by atoms with Gasteiger partial charge in [0, 0.05) is 20.6 Å². The molecule has 2 aliphatic rings. The van der Waals surface area contributed by atoms with Gasteiger partial charge in [-0.3, -0.25) is 4.79 Å². The van der Waals surface area contributed by atoms with E-state index in [0.717, 1.165) is 12.8 Å². The highest BCUT2D eigenvalue weighted by molar-refractivity contribution is 5.70. The van der Waals surface area contributed by atoms with E-state index in [9.17, 15) is 14.7 Å². The van der Waals surface area contributed by atoms with Gasteiger partial charge < -0.3 is 19.5 Å². The van der Waals surface area contributed by atoms with E-state index in [4.69, 9.17) is 9.47 Å². The maximum atomic E-state index is 12.4. The number of ether oxygens (including phenoxy) is 2. The molecule has 33 heavy (non-hydrogen) atoms. The molecule has 2 atom stereocenters. The largest absolute Gasteiger partial charge is 0.481 e. The lowest BCUT2D eigenvalue weighted by molar-refractivity contribution is -0.141. The predicted molar refractivity (Wildman–Crippen MR) is 116 cm³/mol. The summed E-state index contributed by atoms with van der Waals surface area (Å²) in [6.07, 6.45) is 6.27. The molecule has 2 aliphatic carbocycles. The van der Waals surface area contributed by atoms with Crippen LogP contribution in [0.1, 0.15) is 49.9 Å². The number of aryl methyl sites for hydroxylation is 2. The molecular formula is C22H30N6O5. The Morgan fingerprint density at radius 1 is 1.27 bits per heavy atom. The Kier molecular flexibility index (Phi) is 6.75. The third-order valence-electron chi connectivity index (χ3n) is 6.50. The first-order valence-electron chi connectivity index (χ1n) is 11.3. The summed E-state index contributed by atoms with van der Waals surface area (Å²) < 4.78 is 13.0. The Morgan fingerprint density at radius 3 is 2.70 bits per heavy atom. The molecule has 178 valence electrons. The first-order chi connectivity index (χ1) is 15.8. The van der Waals surface area contributed by atoms with Crippen molar-refractivity contribution in [3.63, 3.8) is 0 Å². The van der Waals surface area contributed by atoms with Gasteiger partial charge in [-0.15, -0.1) is 5.10 Å². The fraction of sp³-hybridized carbons (Fsp3) is 0.636. The van der Waals surface area contributed by atoms with Crippen molar-refractivity contribution >= 4 is 12.1 Å². The van der Waals surface area contributed by atoms with Gasteiger partial charge in [0.05, 0.1) is 12.1 Å². The number of aliphatic carboxylic acids is 1. The van der Waals surface area contributed by atoms with Gasteiger partial charge in [0.1, 0.15) is 35.5 Å². The van der Waals surface area contributed by atoms with Crippen LogP contribution in [0.4, 0.5) is 4.79 Å². The van der Waals surface area contributed by atoms with Gasteiger partial charge in [-0.2, -0.15) is 0 Å². The van der Waals surface area contributed by atoms with Crippen molar-refractivity contribution in [3.05, 3.63) is 17.6 Å². The third-order valence-corrected chi connectivity index (χ3v) is 6.50. The van der Waals surface area contributed by atoms with Gasteiger partial charge in [0.2, 0.25) is 5.88 Å². The van der Waals surface area contributed by atoms with Crippen molar-refractivity contribution in [2.24, 2.45) is 18.9 Å². The Bertz CT molecular complexity index is 1020. The van der Waals surface area contributed by atoms with Crippen LogP contribution in [0.2, 0.25) is 0 Å². The summed E-state index contributed by atoms with van der Waals surface area (Å²) in [5, 5.41) is 17.4. The zero-order chi connectivity index (χ0) is 23.5. The molecule has 1 N–H and O–H groups in total. The predicted octanol–water partition coefficient (Wildman–Crippen LogP) is 2.58. The smallest absolute Gasteiger partial charge is 0.409 e. The Labute approximate surface area is 192 Å². The molecule has 1 amide bonds. The van der Waals surface area contributed by atoms with Crippen LogP contribution >= 0.6 is 0 Å². The van der Waals surface area contributed by atoms with Crippen LogP contribution in [0, 0.1) is 18.8 Å². The summed E-state index contributed by atoms with van der Waals surface area (Å²) in [6, 6.07) is 0. The van der Waals surface area contributed by atoms with Crippen LogP contribution < -0.4 is 4.74 Å². The summed E-state index contributed by atoms with van der Waals surface area (Å²) in [7, 11) is 3.48. The lowest BCUT2D eigenvalue weighted by Gasteiger charge is -2.29. The molecule has 2 aromatic rings. The molecule has 0 saturated heterocycles. The highest BCUT2D eigenvalue weighted by atomic mass is 16.6. The van der Waals surface area contributed by atoms with E-state index in [-0.39, 0.29) is 24.7 Å². The second-order valence-corrected chi connectivity index (χ2v) is 8.97. The molecule has 2 fully saturated rings. The van der Waals surface area contributed by atoms with Gasteiger partial charge >= 0.3 is 12.1 Å². The molecule has 11 nitrogen and oxygen atoms in total. The van der Waals surface area contributed by atoms with Crippen molar-refractivity contribution in [2.45, 2.75) is 58.2 Å². The van der Waals surface area contributed by atoms with Crippen LogP contribution in [0.5, 0.6) is 5.88 Å². The van der Waals surface area contributed by atoms with Gasteiger partial charge in [-0.1, -0.05) is 11.6 Å². The quantitative estimate of drug-likeness (QED) is 0.633. The lowest BCUT2D eigenvalue weighted by atomic mass is 9.85. The number of rotatable bonds is 8. The number of carbonyl (C=O) groups excluding carboxylic acids is 1. The Hall–Kier alpha value is -3.24. The summed E-state index contributed by atoms with van der Waals surface area (Å²) in [6.45, 7) is 2.50. The zero-order valence-electron chi connectivity index (χ0n) is 19.2. The van der Waals surface area contributed by atoms with E-state index < -0.39 is 5.97 Å². The van der Waals surface area contributed by atoms with Crippen molar-refractivity contribution in [3.8, 4) is 17.3 Å². The van der Waals surface area contributed by atoms with E-state index in [1.54, 1.807) is 36.8 Å². The summed E-state index contributed by atoms with van der Waals surface area (Å²) in [4.78, 5) is 34.1. The number of carboxylic acids is 1. The number of nitrogens with zero attached hydrogens (tertiary/aromatic N) is 6. The number of aromatic nitrogens is 5. The molecule has 0 spiro atoms. The molecule has 2 aromatic heterocycles. The second kappa shape index (κ2) is 9.72. The minimum absolute atomic E-state index is 0.0182. The third kappa shape index (κ3) is 5.23. The van der Waals surface area contributed by atoms with E-state index in [1.807, 2.05) is 0 Å². The average molecular weight is 459 g/mol. The highest BCUT2D eigenvalue weighted by Crippen LogP contribution is 2.30. The van der Waals surface area contributed by atoms with Gasteiger partial charge in [0.25, 0.3) is 0 Å². The number of carbonyl (C=O) groups is 2. The number of amides is 1. The van der Waals surface area contributed by atoms with Gasteiger partial charge in [-0.05, 0) is 44.9 Å². The second-order valence-electron chi connectivity index (χ2n) is 8.97. The Morgan fingerprint density at radius 2 is 2.06 bits per heavy atom. The number of hydrogen-bond donors (Lipinski definition) is 1.